The lowest BCUT2D eigenvalue weighted by molar-refractivity contribution is 0.0938. The molecule has 9 heteroatoms. The van der Waals surface area contributed by atoms with Crippen LogP contribution in [0.15, 0.2) is 70.2 Å². The van der Waals surface area contributed by atoms with Crippen molar-refractivity contribution in [2.75, 3.05) is 0 Å². The van der Waals surface area contributed by atoms with Crippen molar-refractivity contribution >= 4 is 5.91 Å². The number of aryl methyl sites for hydroxylation is 1. The van der Waals surface area contributed by atoms with Crippen molar-refractivity contribution in [2.45, 2.75) is 13.5 Å². The second-order valence-corrected chi connectivity index (χ2v) is 6.18. The lowest BCUT2D eigenvalue weighted by Crippen LogP contribution is -2.31. The van der Waals surface area contributed by atoms with Crippen LogP contribution in [0.2, 0.25) is 0 Å². The third-order valence-electron chi connectivity index (χ3n) is 4.13. The van der Waals surface area contributed by atoms with Crippen LogP contribution in [0.4, 0.5) is 0 Å². The van der Waals surface area contributed by atoms with Gasteiger partial charge in [0.2, 0.25) is 17.1 Å². The zero-order valence-electron chi connectivity index (χ0n) is 15.4. The maximum absolute atomic E-state index is 12.5. The fraction of sp³-hybridized carbons (Fsp3) is 0.100. The predicted octanol–water partition coefficient (Wildman–Crippen LogP) is 1.92. The molecule has 0 unspecified atom stereocenters. The molecule has 0 atom stereocenters. The number of para-hydroxylation sites is 1. The summed E-state index contributed by atoms with van der Waals surface area (Å²) in [4.78, 5) is 33.0. The molecular weight excluding hydrogens is 372 g/mol. The van der Waals surface area contributed by atoms with E-state index in [1.54, 1.807) is 36.1 Å². The van der Waals surface area contributed by atoms with Crippen molar-refractivity contribution in [2.24, 2.45) is 0 Å². The van der Waals surface area contributed by atoms with Crippen molar-refractivity contribution < 1.29 is 9.32 Å². The first-order valence-electron chi connectivity index (χ1n) is 8.79. The summed E-state index contributed by atoms with van der Waals surface area (Å²) in [5, 5.41) is 10.7. The van der Waals surface area contributed by atoms with Crippen LogP contribution in [0, 0.1) is 6.92 Å². The third kappa shape index (κ3) is 3.93. The van der Waals surface area contributed by atoms with E-state index in [4.69, 9.17) is 4.52 Å². The highest BCUT2D eigenvalue weighted by Crippen LogP contribution is 2.14. The van der Waals surface area contributed by atoms with E-state index in [-0.39, 0.29) is 18.1 Å². The number of nitrogens with one attached hydrogen (secondary N) is 1. The minimum Gasteiger partial charge on any atom is -0.341 e. The van der Waals surface area contributed by atoms with Crippen LogP contribution in [0.5, 0.6) is 0 Å². The molecule has 0 bridgehead atoms. The van der Waals surface area contributed by atoms with Gasteiger partial charge < -0.3 is 9.84 Å². The van der Waals surface area contributed by atoms with Gasteiger partial charge in [-0.2, -0.15) is 10.1 Å². The summed E-state index contributed by atoms with van der Waals surface area (Å²) in [5.41, 5.74) is 1.44. The van der Waals surface area contributed by atoms with Gasteiger partial charge in [-0.15, -0.1) is 0 Å². The van der Waals surface area contributed by atoms with Gasteiger partial charge in [-0.25, -0.2) is 4.68 Å². The van der Waals surface area contributed by atoms with Gasteiger partial charge in [-0.3, -0.25) is 14.6 Å². The molecule has 3 heterocycles. The first-order chi connectivity index (χ1) is 14.1. The minimum absolute atomic E-state index is 0.0305. The molecule has 29 heavy (non-hydrogen) atoms. The number of nitrogens with zero attached hydrogens (tertiary/aromatic N) is 5. The summed E-state index contributed by atoms with van der Waals surface area (Å²) < 4.78 is 6.69. The highest BCUT2D eigenvalue weighted by atomic mass is 16.5. The number of pyridine rings is 1. The highest BCUT2D eigenvalue weighted by Gasteiger charge is 2.16. The molecule has 0 aliphatic heterocycles. The Bertz CT molecular complexity index is 1200. The average Bonchev–Trinajstić information content (AvgIpc) is 3.22. The van der Waals surface area contributed by atoms with Crippen molar-refractivity contribution in [1.82, 2.24) is 30.2 Å². The maximum atomic E-state index is 12.5. The van der Waals surface area contributed by atoms with Crippen LogP contribution in [0.1, 0.15) is 22.1 Å². The smallest absolute Gasteiger partial charge is 0.276 e. The minimum atomic E-state index is -0.622. The summed E-state index contributed by atoms with van der Waals surface area (Å²) in [6, 6.07) is 14.1. The van der Waals surface area contributed by atoms with Crippen molar-refractivity contribution in [3.05, 3.63) is 88.4 Å². The van der Waals surface area contributed by atoms with Crippen LogP contribution in [0.25, 0.3) is 17.1 Å². The van der Waals surface area contributed by atoms with Crippen molar-refractivity contribution in [3.8, 4) is 17.1 Å². The molecule has 4 rings (SSSR count). The molecule has 1 amide bonds. The molecule has 0 fully saturated rings. The number of aromatic nitrogens is 5. The van der Waals surface area contributed by atoms with E-state index >= 15 is 0 Å². The molecule has 3 aromatic heterocycles. The van der Waals surface area contributed by atoms with Crippen molar-refractivity contribution in [3.63, 3.8) is 0 Å². The van der Waals surface area contributed by atoms with E-state index in [0.29, 0.717) is 11.5 Å². The van der Waals surface area contributed by atoms with Gasteiger partial charge in [-0.05, 0) is 31.2 Å². The van der Waals surface area contributed by atoms with Gasteiger partial charge in [0.1, 0.15) is 0 Å². The zero-order chi connectivity index (χ0) is 20.2. The van der Waals surface area contributed by atoms with Crippen molar-refractivity contribution in [1.29, 1.82) is 0 Å². The Balaban J connectivity index is 1.52. The average molecular weight is 388 g/mol. The Morgan fingerprint density at radius 3 is 2.66 bits per heavy atom. The highest BCUT2D eigenvalue weighted by molar-refractivity contribution is 5.91. The second-order valence-electron chi connectivity index (χ2n) is 6.18. The topological polar surface area (TPSA) is 116 Å². The summed E-state index contributed by atoms with van der Waals surface area (Å²) in [5.74, 6) is -0.0273. The van der Waals surface area contributed by atoms with Crippen LogP contribution in [0.3, 0.4) is 0 Å². The summed E-state index contributed by atoms with van der Waals surface area (Å²) >= 11 is 0. The Morgan fingerprint density at radius 1 is 1.14 bits per heavy atom. The van der Waals surface area contributed by atoms with Gasteiger partial charge >= 0.3 is 0 Å². The van der Waals surface area contributed by atoms with E-state index in [0.717, 1.165) is 11.3 Å². The Kier molecular flexibility index (Phi) is 4.93. The number of hydrogen-bond donors (Lipinski definition) is 1. The number of carbonyl (C=O) groups is 1. The lowest BCUT2D eigenvalue weighted by Gasteiger charge is -2.10. The van der Waals surface area contributed by atoms with Gasteiger partial charge in [0.25, 0.3) is 5.91 Å². The fourth-order valence-corrected chi connectivity index (χ4v) is 2.72. The Labute approximate surface area is 165 Å². The molecule has 1 N–H and O–H groups in total. The molecule has 0 radical (unpaired) electrons. The molecule has 0 aliphatic carbocycles. The Hall–Kier alpha value is -4.14. The van der Waals surface area contributed by atoms with Crippen LogP contribution in [-0.4, -0.2) is 30.8 Å². The summed E-state index contributed by atoms with van der Waals surface area (Å²) in [6.07, 6.45) is 3.24. The SMILES string of the molecule is Cc1cc(=O)c(C(=O)NCc2nc(-c3ccncc3)no2)nn1-c1ccccc1. The maximum Gasteiger partial charge on any atom is 0.276 e. The van der Waals surface area contributed by atoms with Gasteiger partial charge in [0.15, 0.2) is 5.69 Å². The molecule has 0 saturated heterocycles. The quantitative estimate of drug-likeness (QED) is 0.555. The van der Waals surface area contributed by atoms with Crippen LogP contribution in [-0.2, 0) is 6.54 Å². The number of benzene rings is 1. The number of rotatable bonds is 5. The standard InChI is InChI=1S/C20H16N6O3/c1-13-11-16(27)18(24-26(13)15-5-3-2-4-6-15)20(28)22-12-17-23-19(25-29-17)14-7-9-21-10-8-14/h2-11H,12H2,1H3,(H,22,28). The molecule has 0 saturated carbocycles. The molecule has 1 aromatic carbocycles. The van der Waals surface area contributed by atoms with E-state index in [1.807, 2.05) is 30.3 Å². The van der Waals surface area contributed by atoms with Crippen LogP contribution >= 0.6 is 0 Å². The molecule has 0 spiro atoms. The summed E-state index contributed by atoms with van der Waals surface area (Å²) in [6.45, 7) is 1.72. The summed E-state index contributed by atoms with van der Waals surface area (Å²) in [7, 11) is 0. The number of carbonyl (C=O) groups excluding carboxylic acids is 1. The first kappa shape index (κ1) is 18.2. The molecule has 144 valence electrons. The molecule has 0 aliphatic rings. The molecular formula is C20H16N6O3. The molecule has 4 aromatic rings. The number of hydrogen-bond acceptors (Lipinski definition) is 7. The van der Waals surface area contributed by atoms with Gasteiger partial charge in [-0.1, -0.05) is 23.4 Å². The first-order valence-corrected chi connectivity index (χ1v) is 8.79. The normalized spacial score (nSPS) is 10.7. The number of amides is 1. The van der Waals surface area contributed by atoms with Gasteiger partial charge in [0.05, 0.1) is 12.2 Å². The lowest BCUT2D eigenvalue weighted by atomic mass is 10.2. The van der Waals surface area contributed by atoms with Gasteiger partial charge in [0, 0.05) is 29.7 Å². The fourth-order valence-electron chi connectivity index (χ4n) is 2.72. The zero-order valence-corrected chi connectivity index (χ0v) is 15.4. The van der Waals surface area contributed by atoms with E-state index in [1.165, 1.54) is 6.07 Å². The third-order valence-corrected chi connectivity index (χ3v) is 4.13. The monoisotopic (exact) mass is 388 g/mol. The largest absolute Gasteiger partial charge is 0.341 e. The van der Waals surface area contributed by atoms with E-state index in [9.17, 15) is 9.59 Å². The Morgan fingerprint density at radius 2 is 1.90 bits per heavy atom. The molecule has 9 nitrogen and oxygen atoms in total. The second kappa shape index (κ2) is 7.85. The predicted molar refractivity (Wildman–Crippen MR) is 103 cm³/mol. The van der Waals surface area contributed by atoms with E-state index < -0.39 is 11.3 Å². The van der Waals surface area contributed by atoms with E-state index in [2.05, 4.69) is 25.5 Å². The van der Waals surface area contributed by atoms with Crippen LogP contribution < -0.4 is 10.7 Å².